The normalized spacial score (nSPS) is 22.9. The van der Waals surface area contributed by atoms with E-state index in [0.717, 1.165) is 43.0 Å². The number of dihydropyridines is 2. The van der Waals surface area contributed by atoms with Crippen molar-refractivity contribution in [2.75, 3.05) is 19.6 Å². The summed E-state index contributed by atoms with van der Waals surface area (Å²) in [6.45, 7) is 3.24. The molecule has 2 amide bonds. The van der Waals surface area contributed by atoms with Crippen LogP contribution in [-0.4, -0.2) is 49.0 Å². The van der Waals surface area contributed by atoms with Crippen LogP contribution in [0.4, 0.5) is 4.79 Å². The van der Waals surface area contributed by atoms with Crippen molar-refractivity contribution in [2.24, 2.45) is 5.11 Å². The Bertz CT molecular complexity index is 995. The standard InChI is InChI=1S/C23H28N8O/c24-11-18(13-27-25)17-10-21-20(26-12-17)6-7-22(29-21)30-23(32)28-19-8-9-31(15-19)14-16-4-2-1-3-5-16/h1-7,10-11,13,19,22,24-26,29H,8-9,12,14-15H2,(H2,28,30,32)/b18-13+,24-11?,27-25?. The van der Waals surface area contributed by atoms with Gasteiger partial charge in [0, 0.05) is 44.0 Å². The number of carbonyl (C=O) groups is 1. The summed E-state index contributed by atoms with van der Waals surface area (Å²) in [5.74, 6) is 0. The molecule has 166 valence electrons. The monoisotopic (exact) mass is 432 g/mol. The Morgan fingerprint density at radius 3 is 2.88 bits per heavy atom. The average molecular weight is 433 g/mol. The molecule has 0 aromatic heterocycles. The third-order valence-corrected chi connectivity index (χ3v) is 5.72. The van der Waals surface area contributed by atoms with Crippen LogP contribution in [0, 0.1) is 10.9 Å². The lowest BCUT2D eigenvalue weighted by molar-refractivity contribution is 0.233. The van der Waals surface area contributed by atoms with Gasteiger partial charge in [0.2, 0.25) is 0 Å². The first kappa shape index (κ1) is 21.5. The van der Waals surface area contributed by atoms with E-state index in [9.17, 15) is 4.79 Å². The van der Waals surface area contributed by atoms with Crippen LogP contribution >= 0.6 is 0 Å². The molecular formula is C23H28N8O. The summed E-state index contributed by atoms with van der Waals surface area (Å²) in [4.78, 5) is 14.9. The molecule has 6 N–H and O–H groups in total. The summed E-state index contributed by atoms with van der Waals surface area (Å²) >= 11 is 0. The first-order chi connectivity index (χ1) is 15.6. The van der Waals surface area contributed by atoms with Gasteiger partial charge in [-0.2, -0.15) is 5.11 Å². The molecule has 0 saturated carbocycles. The van der Waals surface area contributed by atoms with Crippen LogP contribution in [0.15, 0.2) is 82.4 Å². The van der Waals surface area contributed by atoms with Gasteiger partial charge >= 0.3 is 6.03 Å². The minimum Gasteiger partial charge on any atom is -0.379 e. The minimum atomic E-state index is -0.346. The highest BCUT2D eigenvalue weighted by molar-refractivity contribution is 5.83. The predicted octanol–water partition coefficient (Wildman–Crippen LogP) is 2.35. The van der Waals surface area contributed by atoms with Gasteiger partial charge in [0.15, 0.2) is 0 Å². The lowest BCUT2D eigenvalue weighted by Gasteiger charge is -2.29. The molecule has 1 aromatic rings. The van der Waals surface area contributed by atoms with Gasteiger partial charge in [-0.1, -0.05) is 30.3 Å². The Morgan fingerprint density at radius 2 is 2.09 bits per heavy atom. The highest BCUT2D eigenvalue weighted by atomic mass is 16.2. The number of nitrogens with one attached hydrogen (secondary N) is 6. The molecule has 3 heterocycles. The molecule has 3 aliphatic rings. The van der Waals surface area contributed by atoms with E-state index in [-0.39, 0.29) is 18.2 Å². The van der Waals surface area contributed by atoms with Crippen LogP contribution in [0.3, 0.4) is 0 Å². The van der Waals surface area contributed by atoms with E-state index in [4.69, 9.17) is 10.9 Å². The SMILES string of the molecule is N=C/C(=C\N=N)C1=CC2=C(C=CC(NC(=O)NC3CCN(Cc4ccccc4)C3)N2)NC1. The fourth-order valence-electron chi connectivity index (χ4n) is 4.12. The van der Waals surface area contributed by atoms with E-state index in [0.29, 0.717) is 12.1 Å². The van der Waals surface area contributed by atoms with E-state index in [1.165, 1.54) is 18.0 Å². The van der Waals surface area contributed by atoms with E-state index in [1.54, 1.807) is 0 Å². The Balaban J connectivity index is 1.28. The molecule has 2 unspecified atom stereocenters. The quantitative estimate of drug-likeness (QED) is 0.292. The van der Waals surface area contributed by atoms with Gasteiger partial charge in [0.05, 0.1) is 17.6 Å². The maximum atomic E-state index is 12.6. The van der Waals surface area contributed by atoms with Crippen molar-refractivity contribution in [1.82, 2.24) is 26.2 Å². The molecular weight excluding hydrogens is 404 g/mol. The third kappa shape index (κ3) is 5.30. The second-order valence-electron chi connectivity index (χ2n) is 8.01. The topological polar surface area (TPSA) is 128 Å². The number of hydrogen-bond donors (Lipinski definition) is 6. The molecule has 9 nitrogen and oxygen atoms in total. The van der Waals surface area contributed by atoms with Gasteiger partial charge in [0.25, 0.3) is 0 Å². The highest BCUT2D eigenvalue weighted by Gasteiger charge is 2.25. The molecule has 1 saturated heterocycles. The molecule has 1 fully saturated rings. The first-order valence-corrected chi connectivity index (χ1v) is 10.7. The number of likely N-dealkylation sites (tertiary alicyclic amines) is 1. The van der Waals surface area contributed by atoms with Crippen molar-refractivity contribution in [3.63, 3.8) is 0 Å². The highest BCUT2D eigenvalue weighted by Crippen LogP contribution is 2.20. The van der Waals surface area contributed by atoms with Crippen molar-refractivity contribution in [3.8, 4) is 0 Å². The zero-order chi connectivity index (χ0) is 22.3. The third-order valence-electron chi connectivity index (χ3n) is 5.72. The Morgan fingerprint density at radius 1 is 1.25 bits per heavy atom. The van der Waals surface area contributed by atoms with Crippen molar-refractivity contribution >= 4 is 12.2 Å². The van der Waals surface area contributed by atoms with Crippen LogP contribution in [0.25, 0.3) is 0 Å². The zero-order valence-corrected chi connectivity index (χ0v) is 17.8. The van der Waals surface area contributed by atoms with E-state index in [1.807, 2.05) is 36.4 Å². The molecule has 0 radical (unpaired) electrons. The molecule has 0 aliphatic carbocycles. The van der Waals surface area contributed by atoms with Crippen LogP contribution in [0.2, 0.25) is 0 Å². The van der Waals surface area contributed by atoms with Crippen LogP contribution in [0.5, 0.6) is 0 Å². The number of carbonyl (C=O) groups excluding carboxylic acids is 1. The molecule has 0 bridgehead atoms. The lowest BCUT2D eigenvalue weighted by atomic mass is 10.0. The number of benzene rings is 1. The van der Waals surface area contributed by atoms with Gasteiger partial charge in [-0.05, 0) is 35.8 Å². The summed E-state index contributed by atoms with van der Waals surface area (Å²) in [6, 6.07) is 10.3. The summed E-state index contributed by atoms with van der Waals surface area (Å²) in [5, 5.41) is 23.4. The van der Waals surface area contributed by atoms with Crippen molar-refractivity contribution in [2.45, 2.75) is 25.2 Å². The number of allylic oxidation sites excluding steroid dienone is 2. The second-order valence-corrected chi connectivity index (χ2v) is 8.01. The second kappa shape index (κ2) is 10.1. The summed E-state index contributed by atoms with van der Waals surface area (Å²) in [6.07, 6.45) is 8.86. The van der Waals surface area contributed by atoms with Gasteiger partial charge in [-0.25, -0.2) is 10.3 Å². The molecule has 3 aliphatic heterocycles. The fraction of sp³-hybridized carbons (Fsp3) is 0.304. The Hall–Kier alpha value is -3.72. The fourth-order valence-corrected chi connectivity index (χ4v) is 4.12. The smallest absolute Gasteiger partial charge is 0.316 e. The molecule has 9 heteroatoms. The number of urea groups is 1. The molecule has 0 spiro atoms. The number of rotatable bonds is 7. The maximum Gasteiger partial charge on any atom is 0.316 e. The molecule has 32 heavy (non-hydrogen) atoms. The zero-order valence-electron chi connectivity index (χ0n) is 17.8. The summed E-state index contributed by atoms with van der Waals surface area (Å²) in [5.41, 5.74) is 11.5. The molecule has 1 aromatic carbocycles. The minimum absolute atomic E-state index is 0.123. The Kier molecular flexibility index (Phi) is 6.76. The molecule has 2 atom stereocenters. The van der Waals surface area contributed by atoms with Gasteiger partial charge in [0.1, 0.15) is 6.17 Å². The van der Waals surface area contributed by atoms with Crippen LogP contribution < -0.4 is 21.3 Å². The average Bonchev–Trinajstić information content (AvgIpc) is 3.24. The van der Waals surface area contributed by atoms with E-state index >= 15 is 0 Å². The van der Waals surface area contributed by atoms with Crippen molar-refractivity contribution < 1.29 is 4.79 Å². The first-order valence-electron chi connectivity index (χ1n) is 10.7. The van der Waals surface area contributed by atoms with E-state index < -0.39 is 0 Å². The predicted molar refractivity (Wildman–Crippen MR) is 123 cm³/mol. The number of hydrogen-bond acceptors (Lipinski definition) is 7. The summed E-state index contributed by atoms with van der Waals surface area (Å²) in [7, 11) is 0. The maximum absolute atomic E-state index is 12.6. The van der Waals surface area contributed by atoms with E-state index in [2.05, 4.69) is 43.4 Å². The van der Waals surface area contributed by atoms with Crippen molar-refractivity contribution in [3.05, 3.63) is 82.9 Å². The largest absolute Gasteiger partial charge is 0.379 e. The lowest BCUT2D eigenvalue weighted by Crippen LogP contribution is -2.52. The van der Waals surface area contributed by atoms with Crippen molar-refractivity contribution in [1.29, 1.82) is 10.9 Å². The van der Waals surface area contributed by atoms with Crippen LogP contribution in [0.1, 0.15) is 12.0 Å². The summed E-state index contributed by atoms with van der Waals surface area (Å²) < 4.78 is 0. The number of nitrogens with zero attached hydrogens (tertiary/aromatic N) is 2. The molecule has 4 rings (SSSR count). The number of amides is 2. The van der Waals surface area contributed by atoms with Crippen LogP contribution in [-0.2, 0) is 6.54 Å². The van der Waals surface area contributed by atoms with Gasteiger partial charge in [-0.15, -0.1) is 0 Å². The van der Waals surface area contributed by atoms with Gasteiger partial charge < -0.3 is 26.7 Å². The Labute approximate surface area is 187 Å². The van der Waals surface area contributed by atoms with Gasteiger partial charge in [-0.3, -0.25) is 4.90 Å².